The molecule has 8 rings (SSSR count). The average Bonchev–Trinajstić information content (AvgIpc) is 4.02. The van der Waals surface area contributed by atoms with Crippen LogP contribution in [0.2, 0.25) is 0 Å². The second kappa shape index (κ2) is 19.2. The molecule has 0 spiro atoms. The number of aliphatic imine (C=N–C) groups is 2. The Labute approximate surface area is 331 Å². The number of rotatable bonds is 10. The molecule has 2 fully saturated rings. The maximum atomic E-state index is 5.99. The minimum atomic E-state index is -0.636. The Kier molecular flexibility index (Phi) is 14.4. The van der Waals surface area contributed by atoms with Crippen LogP contribution in [0.25, 0.3) is 0 Å². The molecule has 4 nitrogen and oxygen atoms in total. The van der Waals surface area contributed by atoms with Gasteiger partial charge in [0, 0.05) is 28.4 Å². The Bertz CT molecular complexity index is 1550. The molecule has 7 heteroatoms. The molecule has 2 aliphatic heterocycles. The van der Waals surface area contributed by atoms with Crippen molar-refractivity contribution < 1.29 is 26.5 Å². The van der Waals surface area contributed by atoms with Crippen LogP contribution < -0.4 is 21.2 Å². The van der Waals surface area contributed by atoms with E-state index in [0.29, 0.717) is 25.0 Å². The van der Waals surface area contributed by atoms with E-state index in [0.717, 1.165) is 23.6 Å². The van der Waals surface area contributed by atoms with Gasteiger partial charge in [-0.3, -0.25) is 0 Å². The van der Waals surface area contributed by atoms with Crippen LogP contribution >= 0.6 is 15.8 Å². The van der Waals surface area contributed by atoms with Gasteiger partial charge in [-0.2, -0.15) is 0 Å². The zero-order chi connectivity index (χ0) is 35.9. The van der Waals surface area contributed by atoms with E-state index in [1.165, 1.54) is 32.5 Å². The van der Waals surface area contributed by atoms with Crippen molar-refractivity contribution in [3.8, 4) is 0 Å². The summed E-state index contributed by atoms with van der Waals surface area (Å²) in [5.74, 6) is 4.90. The quantitative estimate of drug-likeness (QED) is 0.120. The van der Waals surface area contributed by atoms with Crippen LogP contribution in [0.1, 0.15) is 27.7 Å². The van der Waals surface area contributed by atoms with Gasteiger partial charge in [-0.1, -0.05) is 149 Å². The van der Waals surface area contributed by atoms with Crippen LogP contribution in [0.15, 0.2) is 131 Å². The summed E-state index contributed by atoms with van der Waals surface area (Å²) in [5.41, 5.74) is 2.64. The van der Waals surface area contributed by atoms with Crippen molar-refractivity contribution in [3.05, 3.63) is 183 Å². The first-order valence-corrected chi connectivity index (χ1v) is 20.9. The first-order chi connectivity index (χ1) is 25.5. The summed E-state index contributed by atoms with van der Waals surface area (Å²) in [4.78, 5) is 9.73. The molecule has 0 saturated heterocycles. The molecule has 2 saturated carbocycles. The third-order valence-corrected chi connectivity index (χ3v) is 14.5. The van der Waals surface area contributed by atoms with Gasteiger partial charge in [0.15, 0.2) is 11.8 Å². The Balaban J connectivity index is 0.000000178. The fourth-order valence-electron chi connectivity index (χ4n) is 6.49. The van der Waals surface area contributed by atoms with Gasteiger partial charge < -0.3 is 9.47 Å². The van der Waals surface area contributed by atoms with Crippen molar-refractivity contribution >= 4 is 48.9 Å². The van der Waals surface area contributed by atoms with E-state index in [-0.39, 0.29) is 29.2 Å². The van der Waals surface area contributed by atoms with Gasteiger partial charge in [-0.05, 0) is 87.4 Å². The topological polar surface area (TPSA) is 43.2 Å². The van der Waals surface area contributed by atoms with E-state index in [1.807, 2.05) is 0 Å². The monoisotopic (exact) mass is 776 g/mol. The van der Waals surface area contributed by atoms with Crippen LogP contribution in [0.4, 0.5) is 0 Å². The number of hydrogen-bond donors (Lipinski definition) is 0. The standard InChI is InChI=1S/2C23H23NOP.Fe/c2*1-17(2)21-16-25-23(24-21)20-14-9-15-22(20)26(18-10-5-3-6-11-18)19-12-7-4-8-13-19;/h2*3-15,17,21H,16H2,1-2H3;/t2*21-;/m11./s1. The molecule has 10 radical (unpaired) electrons. The van der Waals surface area contributed by atoms with E-state index in [1.54, 1.807) is 0 Å². The summed E-state index contributed by atoms with van der Waals surface area (Å²) in [7, 11) is -1.27. The molecular formula is C46H46FeN2O2P2. The van der Waals surface area contributed by atoms with Crippen molar-refractivity contribution in [1.82, 2.24) is 0 Å². The molecule has 4 aromatic rings. The molecule has 0 amide bonds. The maximum Gasteiger partial charge on any atom is 0.192 e. The second-order valence-corrected chi connectivity index (χ2v) is 18.1. The third kappa shape index (κ3) is 9.54. The van der Waals surface area contributed by atoms with Crippen molar-refractivity contribution in [2.75, 3.05) is 13.2 Å². The molecule has 2 heterocycles. The summed E-state index contributed by atoms with van der Waals surface area (Å²) >= 11 is 0. The van der Waals surface area contributed by atoms with E-state index in [2.05, 4.69) is 188 Å². The Morgan fingerprint density at radius 3 is 1.04 bits per heavy atom. The van der Waals surface area contributed by atoms with Crippen LogP contribution in [0.3, 0.4) is 0 Å². The largest absolute Gasteiger partial charge is 0.478 e. The molecule has 2 aliphatic carbocycles. The zero-order valence-corrected chi connectivity index (χ0v) is 33.6. The van der Waals surface area contributed by atoms with Gasteiger partial charge in [0.05, 0.1) is 23.9 Å². The van der Waals surface area contributed by atoms with Crippen LogP contribution in [-0.4, -0.2) is 37.1 Å². The smallest absolute Gasteiger partial charge is 0.192 e. The van der Waals surface area contributed by atoms with Gasteiger partial charge in [-0.15, -0.1) is 0 Å². The van der Waals surface area contributed by atoms with Gasteiger partial charge in [0.25, 0.3) is 0 Å². The number of nitrogens with zero attached hydrogens (tertiary/aromatic N) is 2. The summed E-state index contributed by atoms with van der Waals surface area (Å²) in [6.07, 6.45) is 13.0. The maximum absolute atomic E-state index is 5.99. The van der Waals surface area contributed by atoms with Crippen LogP contribution in [0.5, 0.6) is 0 Å². The molecule has 0 bridgehead atoms. The fraction of sp³-hybridized carbons (Fsp3) is 0.217. The molecule has 4 aliphatic rings. The van der Waals surface area contributed by atoms with E-state index >= 15 is 0 Å². The van der Waals surface area contributed by atoms with Gasteiger partial charge in [-0.25, -0.2) is 9.98 Å². The Morgan fingerprint density at radius 1 is 0.472 bits per heavy atom. The van der Waals surface area contributed by atoms with Gasteiger partial charge in [0.2, 0.25) is 0 Å². The number of hydrogen-bond acceptors (Lipinski definition) is 4. The molecule has 4 aromatic carbocycles. The molecule has 53 heavy (non-hydrogen) atoms. The molecule has 2 atom stereocenters. The predicted molar refractivity (Wildman–Crippen MR) is 221 cm³/mol. The first kappa shape index (κ1) is 39.9. The third-order valence-electron chi connectivity index (χ3n) is 9.47. The second-order valence-electron chi connectivity index (χ2n) is 13.8. The fourth-order valence-corrected chi connectivity index (χ4v) is 11.4. The van der Waals surface area contributed by atoms with Crippen LogP contribution in [0, 0.1) is 73.5 Å². The van der Waals surface area contributed by atoms with Crippen molar-refractivity contribution in [2.24, 2.45) is 21.8 Å². The Morgan fingerprint density at radius 2 is 0.774 bits per heavy atom. The van der Waals surface area contributed by atoms with E-state index < -0.39 is 15.8 Å². The SMILES string of the molecule is CC(C)[C@H]1COC([C]2[CH][CH][CH][C]2P(c2ccccc2)c2ccccc2)=N1.CC(C)[C@H]1COC([C]2[CH][CH][CH][C]2P(c2ccccc2)c2ccccc2)=N1.[Fe]. The summed E-state index contributed by atoms with van der Waals surface area (Å²) < 4.78 is 12.0. The average molecular weight is 777 g/mol. The van der Waals surface area contributed by atoms with E-state index in [4.69, 9.17) is 19.5 Å². The summed E-state index contributed by atoms with van der Waals surface area (Å²) in [6, 6.07) is 43.6. The van der Waals surface area contributed by atoms with Crippen molar-refractivity contribution in [2.45, 2.75) is 39.8 Å². The van der Waals surface area contributed by atoms with Gasteiger partial charge >= 0.3 is 0 Å². The molecule has 0 N–H and O–H groups in total. The molecule has 270 valence electrons. The predicted octanol–water partition coefficient (Wildman–Crippen LogP) is 8.61. The van der Waals surface area contributed by atoms with Gasteiger partial charge in [0.1, 0.15) is 13.2 Å². The first-order valence-electron chi connectivity index (χ1n) is 18.2. The zero-order valence-electron chi connectivity index (χ0n) is 30.7. The Hall–Kier alpha value is -2.80. The molecule has 0 unspecified atom stereocenters. The number of ether oxygens (including phenoxy) is 2. The summed E-state index contributed by atoms with van der Waals surface area (Å²) in [5, 5.41) is 5.39. The van der Waals surface area contributed by atoms with Crippen molar-refractivity contribution in [3.63, 3.8) is 0 Å². The summed E-state index contributed by atoms with van der Waals surface area (Å²) in [6.45, 7) is 10.2. The molecule has 0 aromatic heterocycles. The minimum absolute atomic E-state index is 0. The molecular weight excluding hydrogens is 730 g/mol. The van der Waals surface area contributed by atoms with Crippen molar-refractivity contribution in [1.29, 1.82) is 0 Å². The normalized spacial score (nSPS) is 21.0. The van der Waals surface area contributed by atoms with Crippen LogP contribution in [-0.2, 0) is 26.5 Å². The van der Waals surface area contributed by atoms with E-state index in [9.17, 15) is 0 Å². The minimum Gasteiger partial charge on any atom is -0.478 e. The number of benzene rings is 4.